The molecule has 1 unspecified atom stereocenters. The quantitative estimate of drug-likeness (QED) is 0.0261. The van der Waals surface area contributed by atoms with E-state index < -0.39 is 6.10 Å². The highest BCUT2D eigenvalue weighted by molar-refractivity contribution is 5.71. The minimum atomic E-state index is -0.836. The second kappa shape index (κ2) is 63.0. The maximum absolute atomic E-state index is 12.8. The van der Waals surface area contributed by atoms with Gasteiger partial charge >= 0.3 is 17.9 Å². The van der Waals surface area contributed by atoms with Crippen molar-refractivity contribution in [1.29, 1.82) is 0 Å². The number of allylic oxidation sites excluding steroid dienone is 30. The van der Waals surface area contributed by atoms with Crippen molar-refractivity contribution in [3.8, 4) is 0 Å². The number of esters is 3. The summed E-state index contributed by atoms with van der Waals surface area (Å²) in [5.41, 5.74) is 0. The third-order valence-electron chi connectivity index (χ3n) is 11.9. The standard InChI is InChI=1S/C71H108O6/c1-4-7-10-13-16-19-22-25-27-29-30-31-32-33-34-35-36-37-38-39-40-42-43-46-49-52-55-58-61-64-70(73)76-67-68(66-75-69(72)63-60-57-54-51-48-45-24-21-18-15-12-9-6-3)77-71(74)65-62-59-56-53-50-47-44-41-28-26-23-20-17-14-11-8-5-2/h7-12,16-21,25-28,30-31,33-34,36-37,39-40,44-45,47-48,53,56,68H,4-6,13-15,22-24,29,32,35,38,41-43,46,49-52,54-55,57-67H2,1-3H3/b10-7-,11-8-,12-9-,19-16-,20-17-,21-18-,27-25-,28-26-,31-30-,34-33-,37-36-,40-39-,47-44-,48-45-,56-53-. The van der Waals surface area contributed by atoms with Crippen LogP contribution in [0.5, 0.6) is 0 Å². The molecule has 0 fully saturated rings. The molecule has 6 nitrogen and oxygen atoms in total. The van der Waals surface area contributed by atoms with Gasteiger partial charge in [-0.05, 0) is 148 Å². The van der Waals surface area contributed by atoms with E-state index in [0.717, 1.165) is 161 Å². The van der Waals surface area contributed by atoms with Crippen molar-refractivity contribution in [3.05, 3.63) is 182 Å². The van der Waals surface area contributed by atoms with Gasteiger partial charge < -0.3 is 14.2 Å². The zero-order valence-corrected chi connectivity index (χ0v) is 48.9. The number of carbonyl (C=O) groups excluding carboxylic acids is 3. The molecule has 0 aromatic heterocycles. The Morgan fingerprint density at radius 2 is 0.481 bits per heavy atom. The third kappa shape index (κ3) is 61.2. The lowest BCUT2D eigenvalue weighted by Crippen LogP contribution is -2.30. The van der Waals surface area contributed by atoms with E-state index in [1.165, 1.54) is 19.3 Å². The molecule has 0 amide bonds. The summed E-state index contributed by atoms with van der Waals surface area (Å²) >= 11 is 0. The van der Waals surface area contributed by atoms with Crippen LogP contribution in [-0.2, 0) is 28.6 Å². The maximum atomic E-state index is 12.8. The highest BCUT2D eigenvalue weighted by Gasteiger charge is 2.19. The number of rotatable bonds is 52. The Hall–Kier alpha value is -5.49. The lowest BCUT2D eigenvalue weighted by Gasteiger charge is -2.18. The maximum Gasteiger partial charge on any atom is 0.306 e. The minimum Gasteiger partial charge on any atom is -0.462 e. The first kappa shape index (κ1) is 71.5. The first-order valence-corrected chi connectivity index (χ1v) is 30.3. The average Bonchev–Trinajstić information content (AvgIpc) is 3.43. The second-order valence-corrected chi connectivity index (χ2v) is 19.1. The third-order valence-corrected chi connectivity index (χ3v) is 11.9. The molecule has 0 aromatic rings. The van der Waals surface area contributed by atoms with Crippen LogP contribution in [0, 0.1) is 0 Å². The number of hydrogen-bond donors (Lipinski definition) is 0. The smallest absolute Gasteiger partial charge is 0.306 e. The molecule has 6 heteroatoms. The van der Waals surface area contributed by atoms with Gasteiger partial charge in [-0.2, -0.15) is 0 Å². The molecule has 428 valence electrons. The van der Waals surface area contributed by atoms with Gasteiger partial charge in [-0.1, -0.05) is 242 Å². The number of carbonyl (C=O) groups is 3. The van der Waals surface area contributed by atoms with Gasteiger partial charge in [0.15, 0.2) is 6.10 Å². The predicted octanol–water partition coefficient (Wildman–Crippen LogP) is 20.9. The topological polar surface area (TPSA) is 78.9 Å². The summed E-state index contributed by atoms with van der Waals surface area (Å²) in [6.45, 7) is 6.19. The van der Waals surface area contributed by atoms with E-state index >= 15 is 0 Å². The van der Waals surface area contributed by atoms with E-state index in [2.05, 4.69) is 203 Å². The molecule has 0 spiro atoms. The molecule has 0 rings (SSSR count). The van der Waals surface area contributed by atoms with Crippen LogP contribution in [0.4, 0.5) is 0 Å². The van der Waals surface area contributed by atoms with Gasteiger partial charge in [0, 0.05) is 19.3 Å². The van der Waals surface area contributed by atoms with Crippen molar-refractivity contribution in [2.75, 3.05) is 13.2 Å². The molecular weight excluding hydrogens is 949 g/mol. The summed E-state index contributed by atoms with van der Waals surface area (Å²) in [5, 5.41) is 0. The summed E-state index contributed by atoms with van der Waals surface area (Å²) in [6.07, 6.45) is 94.7. The Labute approximate surface area is 472 Å². The molecule has 1 atom stereocenters. The highest BCUT2D eigenvalue weighted by Crippen LogP contribution is 2.13. The number of unbranched alkanes of at least 4 members (excludes halogenated alkanes) is 11. The molecule has 0 radical (unpaired) electrons. The van der Waals surface area contributed by atoms with Gasteiger partial charge in [0.05, 0.1) is 0 Å². The van der Waals surface area contributed by atoms with Crippen LogP contribution in [0.2, 0.25) is 0 Å². The summed E-state index contributed by atoms with van der Waals surface area (Å²) in [6, 6.07) is 0. The van der Waals surface area contributed by atoms with Gasteiger partial charge in [0.1, 0.15) is 13.2 Å². The first-order valence-electron chi connectivity index (χ1n) is 30.3. The van der Waals surface area contributed by atoms with Crippen LogP contribution in [0.15, 0.2) is 182 Å². The normalized spacial score (nSPS) is 13.4. The molecule has 0 saturated heterocycles. The summed E-state index contributed by atoms with van der Waals surface area (Å²) in [4.78, 5) is 38.2. The van der Waals surface area contributed by atoms with Crippen molar-refractivity contribution >= 4 is 17.9 Å². The predicted molar refractivity (Wildman–Crippen MR) is 334 cm³/mol. The fourth-order valence-corrected chi connectivity index (χ4v) is 7.47. The fraction of sp³-hybridized carbons (Fsp3) is 0.535. The van der Waals surface area contributed by atoms with E-state index in [-0.39, 0.29) is 37.5 Å². The molecule has 0 aliphatic carbocycles. The van der Waals surface area contributed by atoms with E-state index in [9.17, 15) is 14.4 Å². The van der Waals surface area contributed by atoms with E-state index in [1.807, 2.05) is 0 Å². The van der Waals surface area contributed by atoms with Crippen molar-refractivity contribution in [1.82, 2.24) is 0 Å². The van der Waals surface area contributed by atoms with Crippen LogP contribution in [0.25, 0.3) is 0 Å². The van der Waals surface area contributed by atoms with Crippen molar-refractivity contribution in [2.45, 2.75) is 232 Å². The van der Waals surface area contributed by atoms with Crippen LogP contribution in [0.1, 0.15) is 226 Å². The summed E-state index contributed by atoms with van der Waals surface area (Å²) in [7, 11) is 0. The molecular formula is C71H108O6. The van der Waals surface area contributed by atoms with Crippen LogP contribution in [-0.4, -0.2) is 37.2 Å². The van der Waals surface area contributed by atoms with E-state index in [1.54, 1.807) is 0 Å². The molecule has 0 bridgehead atoms. The zero-order chi connectivity index (χ0) is 55.7. The number of hydrogen-bond acceptors (Lipinski definition) is 6. The Bertz CT molecular complexity index is 1840. The SMILES string of the molecule is CC/C=C\C/C=C\C/C=C\C/C=C\C/C=C\C/C=C\C/C=C\CCCCCCCCCC(=O)OCC(COC(=O)CCCCC/C=C\C/C=C\C/C=C\CC)OC(=O)CCC/C=C\C/C=C\C/C=C\C/C=C\C/C=C\CC. The monoisotopic (exact) mass is 1060 g/mol. The lowest BCUT2D eigenvalue weighted by molar-refractivity contribution is -0.167. The summed E-state index contributed by atoms with van der Waals surface area (Å²) < 4.78 is 16.8. The minimum absolute atomic E-state index is 0.126. The van der Waals surface area contributed by atoms with Crippen molar-refractivity contribution in [2.24, 2.45) is 0 Å². The number of ether oxygens (including phenoxy) is 3. The van der Waals surface area contributed by atoms with Crippen LogP contribution in [0.3, 0.4) is 0 Å². The largest absolute Gasteiger partial charge is 0.462 e. The molecule has 0 aromatic carbocycles. The van der Waals surface area contributed by atoms with E-state index in [4.69, 9.17) is 14.2 Å². The Morgan fingerprint density at radius 3 is 0.779 bits per heavy atom. The fourth-order valence-electron chi connectivity index (χ4n) is 7.47. The van der Waals surface area contributed by atoms with Crippen molar-refractivity contribution in [3.63, 3.8) is 0 Å². The Balaban J connectivity index is 4.45. The van der Waals surface area contributed by atoms with Gasteiger partial charge in [-0.25, -0.2) is 0 Å². The average molecular weight is 1060 g/mol. The lowest BCUT2D eigenvalue weighted by atomic mass is 10.1. The first-order chi connectivity index (χ1) is 38.0. The molecule has 0 saturated carbocycles. The zero-order valence-electron chi connectivity index (χ0n) is 48.9. The van der Waals surface area contributed by atoms with Crippen molar-refractivity contribution < 1.29 is 28.6 Å². The molecule has 0 aliphatic rings. The Morgan fingerprint density at radius 1 is 0.260 bits per heavy atom. The Kier molecular flexibility index (Phi) is 58.6. The second-order valence-electron chi connectivity index (χ2n) is 19.1. The van der Waals surface area contributed by atoms with Crippen LogP contribution < -0.4 is 0 Å². The summed E-state index contributed by atoms with van der Waals surface area (Å²) in [5.74, 6) is -1.04. The molecule has 0 aliphatic heterocycles. The van der Waals surface area contributed by atoms with E-state index in [0.29, 0.717) is 19.3 Å². The van der Waals surface area contributed by atoms with Gasteiger partial charge in [0.25, 0.3) is 0 Å². The molecule has 77 heavy (non-hydrogen) atoms. The molecule has 0 N–H and O–H groups in total. The van der Waals surface area contributed by atoms with Gasteiger partial charge in [-0.15, -0.1) is 0 Å². The van der Waals surface area contributed by atoms with Crippen LogP contribution >= 0.6 is 0 Å². The van der Waals surface area contributed by atoms with Gasteiger partial charge in [0.2, 0.25) is 0 Å². The molecule has 0 heterocycles. The van der Waals surface area contributed by atoms with Gasteiger partial charge in [-0.3, -0.25) is 14.4 Å². The highest BCUT2D eigenvalue weighted by atomic mass is 16.6.